The minimum Gasteiger partial charge on any atom is -0.305 e. The zero-order chi connectivity index (χ0) is 14.6. The van der Waals surface area contributed by atoms with E-state index in [2.05, 4.69) is 17.6 Å². The molecule has 1 rings (SSSR count). The number of aryl methyl sites for hydroxylation is 1. The Balaban J connectivity index is 3.48. The molecule has 0 aliphatic carbocycles. The van der Waals surface area contributed by atoms with E-state index in [-0.39, 0.29) is 0 Å². The van der Waals surface area contributed by atoms with Crippen molar-refractivity contribution in [2.24, 2.45) is 4.99 Å². The highest BCUT2D eigenvalue weighted by molar-refractivity contribution is 6.02. The first kappa shape index (κ1) is 15.1. The van der Waals surface area contributed by atoms with E-state index < -0.39 is 0 Å². The van der Waals surface area contributed by atoms with E-state index in [1.165, 1.54) is 0 Å². The third kappa shape index (κ3) is 4.02. The third-order valence-electron chi connectivity index (χ3n) is 2.78. The molecule has 1 aromatic rings. The topological polar surface area (TPSA) is 36.2 Å². The molecule has 19 heavy (non-hydrogen) atoms. The summed E-state index contributed by atoms with van der Waals surface area (Å²) in [7, 11) is 0. The first-order valence-corrected chi connectivity index (χ1v) is 6.36. The molecule has 1 aromatic carbocycles. The van der Waals surface area contributed by atoms with E-state index >= 15 is 0 Å². The fourth-order valence-corrected chi connectivity index (χ4v) is 1.81. The average Bonchev–Trinajstić information content (AvgIpc) is 2.29. The lowest BCUT2D eigenvalue weighted by Gasteiger charge is -2.13. The van der Waals surface area contributed by atoms with Crippen molar-refractivity contribution in [3.63, 3.8) is 0 Å². The quantitative estimate of drug-likeness (QED) is 0.593. The van der Waals surface area contributed by atoms with Crippen molar-refractivity contribution >= 4 is 17.0 Å². The zero-order valence-corrected chi connectivity index (χ0v) is 12.5. The molecule has 0 unspecified atom stereocenters. The fourth-order valence-electron chi connectivity index (χ4n) is 1.81. The highest BCUT2D eigenvalue weighted by atomic mass is 14.7. The standard InChI is InChI=1S/C17H22N2/c1-11(2)17(10-19-12(3)4)15-8-7-13(5)9-16(15)14(6)18/h7-10,18H,1H2,2-6H3/b17-10+,18-14?. The Bertz CT molecular complexity index is 571. The van der Waals surface area contributed by atoms with Crippen LogP contribution in [0.3, 0.4) is 0 Å². The third-order valence-corrected chi connectivity index (χ3v) is 2.78. The number of rotatable bonds is 4. The van der Waals surface area contributed by atoms with Gasteiger partial charge in [0.05, 0.1) is 0 Å². The molecule has 0 atom stereocenters. The van der Waals surface area contributed by atoms with Gasteiger partial charge in [-0.25, -0.2) is 0 Å². The van der Waals surface area contributed by atoms with Crippen LogP contribution in [0.25, 0.3) is 5.57 Å². The molecule has 2 heteroatoms. The second-order valence-electron chi connectivity index (χ2n) is 5.07. The summed E-state index contributed by atoms with van der Waals surface area (Å²) in [5.74, 6) is 0. The van der Waals surface area contributed by atoms with Crippen molar-refractivity contribution in [1.29, 1.82) is 5.41 Å². The lowest BCUT2D eigenvalue weighted by molar-refractivity contribution is 1.37. The summed E-state index contributed by atoms with van der Waals surface area (Å²) in [6.07, 6.45) is 1.84. The van der Waals surface area contributed by atoms with Gasteiger partial charge in [0.1, 0.15) is 0 Å². The number of nitrogens with zero attached hydrogens (tertiary/aromatic N) is 1. The Labute approximate surface area is 116 Å². The molecule has 0 bridgehead atoms. The summed E-state index contributed by atoms with van der Waals surface area (Å²) < 4.78 is 0. The molecule has 0 aliphatic rings. The highest BCUT2D eigenvalue weighted by Crippen LogP contribution is 2.26. The fraction of sp³-hybridized carbons (Fsp3) is 0.294. The Hall–Kier alpha value is -1.96. The molecule has 0 fully saturated rings. The van der Waals surface area contributed by atoms with Crippen molar-refractivity contribution in [3.05, 3.63) is 53.2 Å². The zero-order valence-electron chi connectivity index (χ0n) is 12.5. The molecule has 0 aromatic heterocycles. The minimum absolute atomic E-state index is 0.558. The first-order valence-electron chi connectivity index (χ1n) is 6.36. The first-order chi connectivity index (χ1) is 8.82. The smallest absolute Gasteiger partial charge is 0.0361 e. The summed E-state index contributed by atoms with van der Waals surface area (Å²) in [4.78, 5) is 4.37. The van der Waals surface area contributed by atoms with Crippen molar-refractivity contribution in [3.8, 4) is 0 Å². The van der Waals surface area contributed by atoms with Gasteiger partial charge >= 0.3 is 0 Å². The molecule has 0 spiro atoms. The summed E-state index contributed by atoms with van der Waals surface area (Å²) >= 11 is 0. The lowest BCUT2D eigenvalue weighted by atomic mass is 9.92. The summed E-state index contributed by atoms with van der Waals surface area (Å²) in [6.45, 7) is 13.8. The van der Waals surface area contributed by atoms with E-state index in [1.807, 2.05) is 53.0 Å². The van der Waals surface area contributed by atoms with Gasteiger partial charge in [0.15, 0.2) is 0 Å². The summed E-state index contributed by atoms with van der Waals surface area (Å²) in [5, 5.41) is 7.93. The van der Waals surface area contributed by atoms with Gasteiger partial charge in [-0.3, -0.25) is 4.99 Å². The van der Waals surface area contributed by atoms with Crippen LogP contribution >= 0.6 is 0 Å². The predicted octanol–water partition coefficient (Wildman–Crippen LogP) is 4.78. The molecule has 0 radical (unpaired) electrons. The molecular weight excluding hydrogens is 232 g/mol. The van der Waals surface area contributed by atoms with Gasteiger partial charge in [0.25, 0.3) is 0 Å². The molecule has 0 aliphatic heterocycles. The largest absolute Gasteiger partial charge is 0.305 e. The van der Waals surface area contributed by atoms with Gasteiger partial charge in [-0.1, -0.05) is 24.3 Å². The number of benzene rings is 1. The molecule has 0 saturated carbocycles. The molecule has 0 amide bonds. The SMILES string of the molecule is C=C(C)/C(=C\N=C(C)C)c1ccc(C)cc1C(C)=N. The van der Waals surface area contributed by atoms with Crippen molar-refractivity contribution in [1.82, 2.24) is 0 Å². The van der Waals surface area contributed by atoms with Crippen LogP contribution < -0.4 is 0 Å². The van der Waals surface area contributed by atoms with Crippen LogP contribution in [0.15, 0.2) is 41.5 Å². The molecule has 100 valence electrons. The van der Waals surface area contributed by atoms with Gasteiger partial charge in [0, 0.05) is 28.8 Å². The average molecular weight is 254 g/mol. The van der Waals surface area contributed by atoms with E-state index in [4.69, 9.17) is 5.41 Å². The van der Waals surface area contributed by atoms with Crippen LogP contribution in [0.5, 0.6) is 0 Å². The van der Waals surface area contributed by atoms with Gasteiger partial charge in [-0.2, -0.15) is 0 Å². The van der Waals surface area contributed by atoms with Crippen LogP contribution in [0.2, 0.25) is 0 Å². The van der Waals surface area contributed by atoms with Crippen molar-refractivity contribution < 1.29 is 0 Å². The normalized spacial score (nSPS) is 11.1. The number of hydrogen-bond acceptors (Lipinski definition) is 2. The Morgan fingerprint density at radius 2 is 1.79 bits per heavy atom. The summed E-state index contributed by atoms with van der Waals surface area (Å²) in [5.41, 5.74) is 6.62. The van der Waals surface area contributed by atoms with Crippen LogP contribution in [-0.2, 0) is 0 Å². The molecule has 1 N–H and O–H groups in total. The van der Waals surface area contributed by atoms with Gasteiger partial charge in [-0.05, 0) is 51.8 Å². The predicted molar refractivity (Wildman–Crippen MR) is 85.3 cm³/mol. The number of nitrogens with one attached hydrogen (secondary N) is 1. The van der Waals surface area contributed by atoms with E-state index in [1.54, 1.807) is 0 Å². The molecular formula is C17H22N2. The van der Waals surface area contributed by atoms with Gasteiger partial charge in [0.2, 0.25) is 0 Å². The monoisotopic (exact) mass is 254 g/mol. The van der Waals surface area contributed by atoms with Crippen molar-refractivity contribution in [2.75, 3.05) is 0 Å². The van der Waals surface area contributed by atoms with Crippen LogP contribution in [-0.4, -0.2) is 11.4 Å². The highest BCUT2D eigenvalue weighted by Gasteiger charge is 2.10. The second kappa shape index (κ2) is 6.28. The van der Waals surface area contributed by atoms with Crippen LogP contribution in [0.1, 0.15) is 44.4 Å². The number of allylic oxidation sites excluding steroid dienone is 2. The molecule has 0 heterocycles. The molecule has 2 nitrogen and oxygen atoms in total. The van der Waals surface area contributed by atoms with E-state index in [9.17, 15) is 0 Å². The number of hydrogen-bond donors (Lipinski definition) is 1. The Morgan fingerprint density at radius 1 is 1.16 bits per heavy atom. The maximum atomic E-state index is 7.93. The molecule has 0 saturated heterocycles. The van der Waals surface area contributed by atoms with Crippen LogP contribution in [0, 0.1) is 12.3 Å². The van der Waals surface area contributed by atoms with Gasteiger partial charge < -0.3 is 5.41 Å². The van der Waals surface area contributed by atoms with Crippen LogP contribution in [0.4, 0.5) is 0 Å². The van der Waals surface area contributed by atoms with E-state index in [0.29, 0.717) is 5.71 Å². The Kier molecular flexibility index (Phi) is 4.99. The van der Waals surface area contributed by atoms with Gasteiger partial charge in [-0.15, -0.1) is 0 Å². The number of aliphatic imine (C=N–C) groups is 1. The second-order valence-corrected chi connectivity index (χ2v) is 5.07. The Morgan fingerprint density at radius 3 is 2.26 bits per heavy atom. The van der Waals surface area contributed by atoms with Crippen molar-refractivity contribution in [2.45, 2.75) is 34.6 Å². The lowest BCUT2D eigenvalue weighted by Crippen LogP contribution is -2.00. The minimum atomic E-state index is 0.558. The van der Waals surface area contributed by atoms with E-state index in [0.717, 1.165) is 33.5 Å². The maximum Gasteiger partial charge on any atom is 0.0361 e. The maximum absolute atomic E-state index is 7.93. The summed E-state index contributed by atoms with van der Waals surface area (Å²) in [6, 6.07) is 6.14.